The van der Waals surface area contributed by atoms with Crippen molar-refractivity contribution >= 4 is 11.4 Å². The van der Waals surface area contributed by atoms with E-state index in [4.69, 9.17) is 0 Å². The zero-order valence-corrected chi connectivity index (χ0v) is 10.2. The summed E-state index contributed by atoms with van der Waals surface area (Å²) in [6.07, 6.45) is 0. The Balaban J connectivity index is 2.19. The fourth-order valence-corrected chi connectivity index (χ4v) is 1.83. The first-order chi connectivity index (χ1) is 9.20. The summed E-state index contributed by atoms with van der Waals surface area (Å²) in [5.41, 5.74) is 1.56. The van der Waals surface area contributed by atoms with Crippen LogP contribution in [-0.4, -0.2) is 16.6 Å². The number of nitrogens with one attached hydrogen (secondary N) is 1. The van der Waals surface area contributed by atoms with Crippen molar-refractivity contribution in [1.82, 2.24) is 0 Å². The van der Waals surface area contributed by atoms with Gasteiger partial charge in [-0.15, -0.1) is 0 Å². The Labute approximate surface area is 110 Å². The van der Waals surface area contributed by atoms with Gasteiger partial charge >= 0.3 is 0 Å². The molecular weight excluding hydrogens is 244 g/mol. The number of anilines is 1. The average molecular weight is 258 g/mol. The molecule has 5 heteroatoms. The van der Waals surface area contributed by atoms with Crippen molar-refractivity contribution in [2.24, 2.45) is 0 Å². The quantitative estimate of drug-likeness (QED) is 0.638. The molecule has 0 amide bonds. The van der Waals surface area contributed by atoms with E-state index in [0.717, 1.165) is 5.56 Å². The van der Waals surface area contributed by atoms with Crippen LogP contribution in [0.3, 0.4) is 0 Å². The molecule has 0 aliphatic carbocycles. The van der Waals surface area contributed by atoms with Crippen LogP contribution in [0.15, 0.2) is 54.6 Å². The smallest absolute Gasteiger partial charge is 0.271 e. The molecular formula is C14H14N2O3. The van der Waals surface area contributed by atoms with E-state index in [-0.39, 0.29) is 18.3 Å². The lowest BCUT2D eigenvalue weighted by molar-refractivity contribution is -0.384. The number of nitro benzene ring substituents is 1. The second-order valence-corrected chi connectivity index (χ2v) is 4.10. The lowest BCUT2D eigenvalue weighted by atomic mass is 10.1. The predicted molar refractivity (Wildman–Crippen MR) is 73.0 cm³/mol. The van der Waals surface area contributed by atoms with Gasteiger partial charge in [-0.1, -0.05) is 36.4 Å². The van der Waals surface area contributed by atoms with Crippen molar-refractivity contribution in [3.05, 3.63) is 70.3 Å². The number of aliphatic hydroxyl groups excluding tert-OH is 1. The summed E-state index contributed by atoms with van der Waals surface area (Å²) in [6, 6.07) is 15.4. The summed E-state index contributed by atoms with van der Waals surface area (Å²) in [4.78, 5) is 10.3. The summed E-state index contributed by atoms with van der Waals surface area (Å²) in [5, 5.41) is 23.2. The number of rotatable bonds is 5. The molecule has 0 aliphatic rings. The first-order valence-corrected chi connectivity index (χ1v) is 5.87. The minimum atomic E-state index is -0.443. The lowest BCUT2D eigenvalue weighted by Gasteiger charge is -2.17. The molecule has 1 unspecified atom stereocenters. The van der Waals surface area contributed by atoms with Gasteiger partial charge in [0, 0.05) is 17.8 Å². The highest BCUT2D eigenvalue weighted by atomic mass is 16.6. The Morgan fingerprint density at radius 2 is 1.89 bits per heavy atom. The van der Waals surface area contributed by atoms with Crippen molar-refractivity contribution in [3.8, 4) is 0 Å². The number of aliphatic hydroxyl groups is 1. The maximum Gasteiger partial charge on any atom is 0.271 e. The fraction of sp³-hybridized carbons (Fsp3) is 0.143. The highest BCUT2D eigenvalue weighted by Gasteiger charge is 2.11. The molecule has 0 spiro atoms. The predicted octanol–water partition coefficient (Wildman–Crippen LogP) is 2.74. The van der Waals surface area contributed by atoms with Crippen molar-refractivity contribution in [1.29, 1.82) is 0 Å². The minimum absolute atomic E-state index is 0.0229. The number of non-ortho nitro benzene ring substituents is 1. The van der Waals surface area contributed by atoms with Crippen LogP contribution in [0.25, 0.3) is 0 Å². The number of benzene rings is 2. The van der Waals surface area contributed by atoms with Gasteiger partial charge in [-0.05, 0) is 11.6 Å². The van der Waals surface area contributed by atoms with Gasteiger partial charge in [-0.25, -0.2) is 0 Å². The number of nitrogens with zero attached hydrogens (tertiary/aromatic N) is 1. The third-order valence-corrected chi connectivity index (χ3v) is 2.78. The van der Waals surface area contributed by atoms with Crippen LogP contribution in [0.1, 0.15) is 11.6 Å². The van der Waals surface area contributed by atoms with E-state index in [9.17, 15) is 15.2 Å². The molecule has 0 aromatic heterocycles. The summed E-state index contributed by atoms with van der Waals surface area (Å²) in [7, 11) is 0. The van der Waals surface area contributed by atoms with Crippen molar-refractivity contribution in [2.75, 3.05) is 11.9 Å². The highest BCUT2D eigenvalue weighted by molar-refractivity contribution is 5.52. The Kier molecular flexibility index (Phi) is 4.10. The van der Waals surface area contributed by atoms with Crippen molar-refractivity contribution < 1.29 is 10.0 Å². The van der Waals surface area contributed by atoms with E-state index < -0.39 is 4.92 Å². The van der Waals surface area contributed by atoms with Crippen molar-refractivity contribution in [2.45, 2.75) is 6.04 Å². The molecule has 2 N–H and O–H groups in total. The summed E-state index contributed by atoms with van der Waals surface area (Å²) in [6.45, 7) is -0.0906. The van der Waals surface area contributed by atoms with E-state index >= 15 is 0 Å². The average Bonchev–Trinajstić information content (AvgIpc) is 2.46. The van der Waals surface area contributed by atoms with Crippen LogP contribution in [0, 0.1) is 10.1 Å². The second kappa shape index (κ2) is 5.97. The van der Waals surface area contributed by atoms with Gasteiger partial charge in [0.15, 0.2) is 0 Å². The largest absolute Gasteiger partial charge is 0.394 e. The van der Waals surface area contributed by atoms with Crippen LogP contribution in [0.4, 0.5) is 11.4 Å². The Morgan fingerprint density at radius 1 is 1.16 bits per heavy atom. The number of nitro groups is 1. The Hall–Kier alpha value is -2.40. The maximum atomic E-state index is 10.7. The summed E-state index contributed by atoms with van der Waals surface area (Å²) in [5.74, 6) is 0. The van der Waals surface area contributed by atoms with Crippen LogP contribution in [-0.2, 0) is 0 Å². The highest BCUT2D eigenvalue weighted by Crippen LogP contribution is 2.22. The molecule has 2 rings (SSSR count). The molecule has 98 valence electrons. The third-order valence-electron chi connectivity index (χ3n) is 2.78. The van der Waals surface area contributed by atoms with Gasteiger partial charge in [-0.3, -0.25) is 10.1 Å². The molecule has 19 heavy (non-hydrogen) atoms. The van der Waals surface area contributed by atoms with E-state index in [1.165, 1.54) is 12.1 Å². The van der Waals surface area contributed by atoms with E-state index in [1.54, 1.807) is 12.1 Å². The summed E-state index contributed by atoms with van der Waals surface area (Å²) >= 11 is 0. The molecule has 0 saturated carbocycles. The van der Waals surface area contributed by atoms with Crippen LogP contribution >= 0.6 is 0 Å². The number of hydrogen-bond donors (Lipinski definition) is 2. The van der Waals surface area contributed by atoms with Crippen LogP contribution < -0.4 is 5.32 Å². The first kappa shape index (κ1) is 13.0. The lowest BCUT2D eigenvalue weighted by Crippen LogP contribution is -2.14. The number of hydrogen-bond acceptors (Lipinski definition) is 4. The topological polar surface area (TPSA) is 75.4 Å². The monoisotopic (exact) mass is 258 g/mol. The first-order valence-electron chi connectivity index (χ1n) is 5.87. The molecule has 0 heterocycles. The molecule has 2 aromatic carbocycles. The molecule has 2 aromatic rings. The van der Waals surface area contributed by atoms with E-state index in [1.807, 2.05) is 30.3 Å². The molecule has 0 fully saturated rings. The molecule has 1 atom stereocenters. The molecule has 0 saturated heterocycles. The standard InChI is InChI=1S/C14H14N2O3/c17-10-14(11-5-2-1-3-6-11)15-12-7-4-8-13(9-12)16(18)19/h1-9,14-15,17H,10H2. The zero-order valence-electron chi connectivity index (χ0n) is 10.2. The molecule has 0 aliphatic heterocycles. The third kappa shape index (κ3) is 3.29. The fourth-order valence-electron chi connectivity index (χ4n) is 1.83. The summed E-state index contributed by atoms with van der Waals surface area (Å²) < 4.78 is 0. The van der Waals surface area contributed by atoms with Crippen LogP contribution in [0.2, 0.25) is 0 Å². The molecule has 0 radical (unpaired) electrons. The SMILES string of the molecule is O=[N+]([O-])c1cccc(NC(CO)c2ccccc2)c1. The van der Waals surface area contributed by atoms with Gasteiger partial charge < -0.3 is 10.4 Å². The van der Waals surface area contributed by atoms with Gasteiger partial charge in [0.2, 0.25) is 0 Å². The second-order valence-electron chi connectivity index (χ2n) is 4.10. The van der Waals surface area contributed by atoms with Gasteiger partial charge in [0.05, 0.1) is 17.6 Å². The van der Waals surface area contributed by atoms with Gasteiger partial charge in [0.25, 0.3) is 5.69 Å². The minimum Gasteiger partial charge on any atom is -0.394 e. The molecule has 0 bridgehead atoms. The van der Waals surface area contributed by atoms with Gasteiger partial charge in [0.1, 0.15) is 0 Å². The molecule has 5 nitrogen and oxygen atoms in total. The Bertz CT molecular complexity index is 558. The maximum absolute atomic E-state index is 10.7. The van der Waals surface area contributed by atoms with E-state index in [2.05, 4.69) is 5.32 Å². The zero-order chi connectivity index (χ0) is 13.7. The van der Waals surface area contributed by atoms with Crippen molar-refractivity contribution in [3.63, 3.8) is 0 Å². The van der Waals surface area contributed by atoms with Crippen LogP contribution in [0.5, 0.6) is 0 Å². The van der Waals surface area contributed by atoms with Gasteiger partial charge in [-0.2, -0.15) is 0 Å². The van der Waals surface area contributed by atoms with E-state index in [0.29, 0.717) is 5.69 Å². The normalized spacial score (nSPS) is 11.8. The Morgan fingerprint density at radius 3 is 2.53 bits per heavy atom.